The van der Waals surface area contributed by atoms with Crippen LogP contribution in [0.5, 0.6) is 0 Å². The second-order valence-corrected chi connectivity index (χ2v) is 8.35. The zero-order valence-corrected chi connectivity index (χ0v) is 16.1. The molecule has 1 aromatic rings. The van der Waals surface area contributed by atoms with Gasteiger partial charge in [-0.3, -0.25) is 0 Å². The lowest BCUT2D eigenvalue weighted by Crippen LogP contribution is -1.95. The highest BCUT2D eigenvalue weighted by Crippen LogP contribution is 2.43. The predicted octanol–water partition coefficient (Wildman–Crippen LogP) is 6.89. The minimum Gasteiger partial charge on any atom is -0.0841 e. The van der Waals surface area contributed by atoms with Crippen molar-refractivity contribution in [3.63, 3.8) is 0 Å². The molecule has 5 heteroatoms. The lowest BCUT2D eigenvalue weighted by molar-refractivity contribution is 1.05. The Morgan fingerprint density at radius 2 is 1.13 bits per heavy atom. The molecule has 0 radical (unpaired) electrons. The van der Waals surface area contributed by atoms with E-state index in [4.69, 9.17) is 0 Å². The SMILES string of the molecule is CC(Br)c1cc(C(C)Br)c(Br)c(Br)c1Br. The van der Waals surface area contributed by atoms with E-state index in [1.807, 2.05) is 0 Å². The molecule has 0 aliphatic rings. The molecule has 1 aromatic carbocycles. The Kier molecular flexibility index (Phi) is 5.86. The molecular formula is C10H9Br5. The van der Waals surface area contributed by atoms with Crippen molar-refractivity contribution in [2.24, 2.45) is 0 Å². The lowest BCUT2D eigenvalue weighted by atomic mass is 10.1. The molecule has 15 heavy (non-hydrogen) atoms. The van der Waals surface area contributed by atoms with E-state index in [0.717, 1.165) is 13.4 Å². The Hall–Kier alpha value is 1.62. The first-order valence-corrected chi connectivity index (χ1v) is 8.52. The van der Waals surface area contributed by atoms with Gasteiger partial charge in [-0.25, -0.2) is 0 Å². The third-order valence-corrected chi connectivity index (χ3v) is 6.61. The molecule has 0 aromatic heterocycles. The summed E-state index contributed by atoms with van der Waals surface area (Å²) in [4.78, 5) is 0.641. The maximum Gasteiger partial charge on any atom is 0.0465 e. The van der Waals surface area contributed by atoms with Crippen LogP contribution in [0.15, 0.2) is 19.5 Å². The van der Waals surface area contributed by atoms with E-state index < -0.39 is 0 Å². The highest BCUT2D eigenvalue weighted by atomic mass is 79.9. The monoisotopic (exact) mass is 524 g/mol. The Morgan fingerprint density at radius 3 is 1.40 bits per heavy atom. The standard InChI is InChI=1S/C10H9Br5/c1-4(11)6-3-7(5(2)12)9(14)10(15)8(6)13/h3-5H,1-2H3. The van der Waals surface area contributed by atoms with E-state index in [9.17, 15) is 0 Å². The first-order chi connectivity index (χ1) is 6.86. The number of alkyl halides is 2. The highest BCUT2D eigenvalue weighted by Gasteiger charge is 2.17. The smallest absolute Gasteiger partial charge is 0.0465 e. The van der Waals surface area contributed by atoms with Gasteiger partial charge in [0.05, 0.1) is 0 Å². The van der Waals surface area contributed by atoms with Gasteiger partial charge >= 0.3 is 0 Å². The van der Waals surface area contributed by atoms with Crippen LogP contribution in [0.3, 0.4) is 0 Å². The molecule has 2 atom stereocenters. The highest BCUT2D eigenvalue weighted by molar-refractivity contribution is 9.14. The molecule has 84 valence electrons. The fraction of sp³-hybridized carbons (Fsp3) is 0.400. The van der Waals surface area contributed by atoms with Crippen LogP contribution < -0.4 is 0 Å². The largest absolute Gasteiger partial charge is 0.0841 e. The van der Waals surface area contributed by atoms with Gasteiger partial charge in [-0.2, -0.15) is 0 Å². The molecule has 0 heterocycles. The Bertz CT molecular complexity index is 338. The molecule has 0 amide bonds. The maximum absolute atomic E-state index is 3.59. The van der Waals surface area contributed by atoms with Crippen LogP contribution in [-0.2, 0) is 0 Å². The molecule has 0 saturated heterocycles. The van der Waals surface area contributed by atoms with Crippen molar-refractivity contribution in [2.45, 2.75) is 23.5 Å². The van der Waals surface area contributed by atoms with Crippen molar-refractivity contribution in [3.05, 3.63) is 30.6 Å². The molecule has 0 bridgehead atoms. The van der Waals surface area contributed by atoms with Gasteiger partial charge in [0.1, 0.15) is 0 Å². The van der Waals surface area contributed by atoms with E-state index in [1.54, 1.807) is 0 Å². The van der Waals surface area contributed by atoms with Crippen molar-refractivity contribution in [2.75, 3.05) is 0 Å². The summed E-state index contributed by atoms with van der Waals surface area (Å²) in [7, 11) is 0. The third kappa shape index (κ3) is 3.30. The molecule has 0 aliphatic heterocycles. The van der Waals surface area contributed by atoms with Crippen molar-refractivity contribution in [1.29, 1.82) is 0 Å². The fourth-order valence-corrected chi connectivity index (χ4v) is 4.60. The molecular weight excluding hydrogens is 520 g/mol. The van der Waals surface area contributed by atoms with Gasteiger partial charge in [0, 0.05) is 23.1 Å². The average Bonchev–Trinajstić information content (AvgIpc) is 2.13. The summed E-state index contributed by atoms with van der Waals surface area (Å²) in [6.45, 7) is 4.23. The van der Waals surface area contributed by atoms with E-state index in [0.29, 0.717) is 9.65 Å². The molecule has 0 saturated carbocycles. The molecule has 0 spiro atoms. The summed E-state index contributed by atoms with van der Waals surface area (Å²) in [5, 5.41) is 0. The van der Waals surface area contributed by atoms with Crippen LogP contribution in [0, 0.1) is 0 Å². The summed E-state index contributed by atoms with van der Waals surface area (Å²) >= 11 is 18.0. The van der Waals surface area contributed by atoms with Crippen LogP contribution >= 0.6 is 79.6 Å². The zero-order valence-electron chi connectivity index (χ0n) is 8.12. The second-order valence-electron chi connectivity index (χ2n) is 3.23. The molecule has 0 fully saturated rings. The molecule has 1 rings (SSSR count). The van der Waals surface area contributed by atoms with E-state index in [1.165, 1.54) is 11.1 Å². The summed E-state index contributed by atoms with van der Waals surface area (Å²) in [6, 6.07) is 2.19. The van der Waals surface area contributed by atoms with Crippen LogP contribution in [0.2, 0.25) is 0 Å². The van der Waals surface area contributed by atoms with Gasteiger partial charge in [-0.1, -0.05) is 37.9 Å². The minimum atomic E-state index is 0.321. The van der Waals surface area contributed by atoms with E-state index in [-0.39, 0.29) is 0 Å². The first-order valence-electron chi connectivity index (χ1n) is 4.31. The molecule has 2 unspecified atom stereocenters. The average molecular weight is 529 g/mol. The normalized spacial score (nSPS) is 15.1. The molecule has 0 N–H and O–H groups in total. The number of rotatable bonds is 2. The van der Waals surface area contributed by atoms with Gasteiger partial charge in [0.15, 0.2) is 0 Å². The Balaban J connectivity index is 3.45. The summed E-state index contributed by atoms with van der Waals surface area (Å²) in [6.07, 6.45) is 0. The van der Waals surface area contributed by atoms with Gasteiger partial charge in [0.2, 0.25) is 0 Å². The number of halogens is 5. The van der Waals surface area contributed by atoms with Crippen LogP contribution in [0.4, 0.5) is 0 Å². The van der Waals surface area contributed by atoms with Crippen molar-refractivity contribution >= 4 is 79.6 Å². The Labute approximate surface area is 132 Å². The second kappa shape index (κ2) is 5.98. The van der Waals surface area contributed by atoms with E-state index in [2.05, 4.69) is 99.6 Å². The predicted molar refractivity (Wildman–Crippen MR) is 84.2 cm³/mol. The maximum atomic E-state index is 3.59. The Morgan fingerprint density at radius 1 is 0.800 bits per heavy atom. The van der Waals surface area contributed by atoms with Crippen molar-refractivity contribution < 1.29 is 0 Å². The zero-order chi connectivity index (χ0) is 11.7. The topological polar surface area (TPSA) is 0 Å². The number of hydrogen-bond donors (Lipinski definition) is 0. The van der Waals surface area contributed by atoms with E-state index >= 15 is 0 Å². The number of hydrogen-bond acceptors (Lipinski definition) is 0. The number of benzene rings is 1. The van der Waals surface area contributed by atoms with Crippen LogP contribution in [0.1, 0.15) is 34.6 Å². The lowest BCUT2D eigenvalue weighted by Gasteiger charge is -2.16. The van der Waals surface area contributed by atoms with Crippen molar-refractivity contribution in [1.82, 2.24) is 0 Å². The first kappa shape index (κ1) is 14.7. The van der Waals surface area contributed by atoms with Crippen LogP contribution in [-0.4, -0.2) is 0 Å². The van der Waals surface area contributed by atoms with Crippen molar-refractivity contribution in [3.8, 4) is 0 Å². The molecule has 0 aliphatic carbocycles. The van der Waals surface area contributed by atoms with Crippen LogP contribution in [0.25, 0.3) is 0 Å². The summed E-state index contributed by atoms with van der Waals surface area (Å²) in [5.41, 5.74) is 2.48. The minimum absolute atomic E-state index is 0.321. The van der Waals surface area contributed by atoms with Gasteiger partial charge < -0.3 is 0 Å². The molecule has 0 nitrogen and oxygen atoms in total. The third-order valence-electron chi connectivity index (χ3n) is 2.06. The van der Waals surface area contributed by atoms with Gasteiger partial charge in [-0.15, -0.1) is 0 Å². The van der Waals surface area contributed by atoms with Gasteiger partial charge in [-0.05, 0) is 72.8 Å². The summed E-state index contributed by atoms with van der Waals surface area (Å²) < 4.78 is 3.25. The summed E-state index contributed by atoms with van der Waals surface area (Å²) in [5.74, 6) is 0. The van der Waals surface area contributed by atoms with Gasteiger partial charge in [0.25, 0.3) is 0 Å². The quantitative estimate of drug-likeness (QED) is 0.290. The fourth-order valence-electron chi connectivity index (χ4n) is 1.22.